The number of hydrogen-bond donors (Lipinski definition) is 1. The second kappa shape index (κ2) is 6.21. The predicted octanol–water partition coefficient (Wildman–Crippen LogP) is 3.05. The van der Waals surface area contributed by atoms with E-state index in [9.17, 15) is 9.50 Å². The van der Waals surface area contributed by atoms with Crippen LogP contribution < -0.4 is 0 Å². The molecule has 0 radical (unpaired) electrons. The number of unbranched alkanes of at least 4 members (excludes halogenated alkanes) is 2. The Morgan fingerprint density at radius 3 is 2.60 bits per heavy atom. The van der Waals surface area contributed by atoms with Gasteiger partial charge >= 0.3 is 0 Å². The van der Waals surface area contributed by atoms with Gasteiger partial charge in [-0.15, -0.1) is 5.92 Å². The molecule has 0 saturated carbocycles. The summed E-state index contributed by atoms with van der Waals surface area (Å²) in [7, 11) is 0. The van der Waals surface area contributed by atoms with Crippen LogP contribution in [0, 0.1) is 17.7 Å². The topological polar surface area (TPSA) is 20.2 Å². The minimum atomic E-state index is -0.803. The van der Waals surface area contributed by atoms with E-state index in [1.807, 2.05) is 0 Å². The summed E-state index contributed by atoms with van der Waals surface area (Å²) in [6.45, 7) is 2.10. The molecule has 0 aliphatic carbocycles. The van der Waals surface area contributed by atoms with Gasteiger partial charge in [-0.05, 0) is 24.1 Å². The second-order valence-corrected chi connectivity index (χ2v) is 3.38. The SMILES string of the molecule is CCCCC#CC(O)c1ccc(F)cc1. The monoisotopic (exact) mass is 206 g/mol. The van der Waals surface area contributed by atoms with Crippen molar-refractivity contribution in [3.8, 4) is 11.8 Å². The van der Waals surface area contributed by atoms with E-state index in [2.05, 4.69) is 18.8 Å². The molecule has 0 aliphatic rings. The molecule has 1 atom stereocenters. The molecule has 0 aromatic heterocycles. The third-order valence-electron chi connectivity index (χ3n) is 2.08. The van der Waals surface area contributed by atoms with Gasteiger partial charge in [0.2, 0.25) is 0 Å². The summed E-state index contributed by atoms with van der Waals surface area (Å²) in [5, 5.41) is 9.61. The van der Waals surface area contributed by atoms with Gasteiger partial charge in [-0.25, -0.2) is 4.39 Å². The average molecular weight is 206 g/mol. The Labute approximate surface area is 89.9 Å². The van der Waals surface area contributed by atoms with Crippen LogP contribution in [0.2, 0.25) is 0 Å². The van der Waals surface area contributed by atoms with Crippen LogP contribution in [-0.2, 0) is 0 Å². The van der Waals surface area contributed by atoms with E-state index in [4.69, 9.17) is 0 Å². The van der Waals surface area contributed by atoms with Gasteiger partial charge in [-0.3, -0.25) is 0 Å². The summed E-state index contributed by atoms with van der Waals surface area (Å²) in [4.78, 5) is 0. The van der Waals surface area contributed by atoms with Crippen molar-refractivity contribution < 1.29 is 9.50 Å². The number of halogens is 1. The lowest BCUT2D eigenvalue weighted by atomic mass is 10.1. The molecule has 0 spiro atoms. The molecule has 1 N–H and O–H groups in total. The van der Waals surface area contributed by atoms with Crippen LogP contribution >= 0.6 is 0 Å². The van der Waals surface area contributed by atoms with Crippen molar-refractivity contribution >= 4 is 0 Å². The zero-order chi connectivity index (χ0) is 11.1. The van der Waals surface area contributed by atoms with E-state index < -0.39 is 6.10 Å². The molecule has 80 valence electrons. The number of benzene rings is 1. The Morgan fingerprint density at radius 2 is 2.00 bits per heavy atom. The predicted molar refractivity (Wildman–Crippen MR) is 58.7 cm³/mol. The zero-order valence-electron chi connectivity index (χ0n) is 8.83. The van der Waals surface area contributed by atoms with Crippen molar-refractivity contribution in [2.24, 2.45) is 0 Å². The summed E-state index contributed by atoms with van der Waals surface area (Å²) in [5.41, 5.74) is 0.639. The van der Waals surface area contributed by atoms with E-state index in [0.29, 0.717) is 5.56 Å². The maximum atomic E-state index is 12.6. The molecule has 1 unspecified atom stereocenters. The van der Waals surface area contributed by atoms with Gasteiger partial charge in [0.25, 0.3) is 0 Å². The maximum absolute atomic E-state index is 12.6. The molecule has 2 heteroatoms. The highest BCUT2D eigenvalue weighted by Gasteiger charge is 2.02. The number of aliphatic hydroxyl groups is 1. The van der Waals surface area contributed by atoms with Crippen molar-refractivity contribution in [2.75, 3.05) is 0 Å². The lowest BCUT2D eigenvalue weighted by Gasteiger charge is -2.02. The highest BCUT2D eigenvalue weighted by molar-refractivity contribution is 5.25. The quantitative estimate of drug-likeness (QED) is 0.595. The largest absolute Gasteiger partial charge is 0.376 e. The lowest BCUT2D eigenvalue weighted by molar-refractivity contribution is 0.238. The van der Waals surface area contributed by atoms with Gasteiger partial charge in [0.1, 0.15) is 11.9 Å². The van der Waals surface area contributed by atoms with Gasteiger partial charge in [0.15, 0.2) is 0 Å². The van der Waals surface area contributed by atoms with Gasteiger partial charge < -0.3 is 5.11 Å². The average Bonchev–Trinajstić information content (AvgIpc) is 2.25. The molecule has 1 rings (SSSR count). The molecular weight excluding hydrogens is 191 g/mol. The number of hydrogen-bond acceptors (Lipinski definition) is 1. The van der Waals surface area contributed by atoms with Gasteiger partial charge in [-0.2, -0.15) is 0 Å². The third kappa shape index (κ3) is 4.14. The minimum Gasteiger partial charge on any atom is -0.376 e. The molecular formula is C13H15FO. The third-order valence-corrected chi connectivity index (χ3v) is 2.08. The van der Waals surface area contributed by atoms with E-state index >= 15 is 0 Å². The zero-order valence-corrected chi connectivity index (χ0v) is 8.83. The van der Waals surface area contributed by atoms with E-state index in [1.165, 1.54) is 12.1 Å². The summed E-state index contributed by atoms with van der Waals surface area (Å²) >= 11 is 0. The molecule has 0 aliphatic heterocycles. The van der Waals surface area contributed by atoms with E-state index in [-0.39, 0.29) is 5.82 Å². The van der Waals surface area contributed by atoms with Crippen molar-refractivity contribution in [3.63, 3.8) is 0 Å². The van der Waals surface area contributed by atoms with Crippen molar-refractivity contribution in [1.82, 2.24) is 0 Å². The van der Waals surface area contributed by atoms with Crippen LogP contribution in [0.3, 0.4) is 0 Å². The van der Waals surface area contributed by atoms with Crippen LogP contribution in [0.1, 0.15) is 37.9 Å². The summed E-state index contributed by atoms with van der Waals surface area (Å²) in [5.74, 6) is 5.34. The lowest BCUT2D eigenvalue weighted by Crippen LogP contribution is -1.93. The van der Waals surface area contributed by atoms with Crippen molar-refractivity contribution in [1.29, 1.82) is 0 Å². The molecule has 15 heavy (non-hydrogen) atoms. The smallest absolute Gasteiger partial charge is 0.140 e. The summed E-state index contributed by atoms with van der Waals surface area (Å²) < 4.78 is 12.6. The van der Waals surface area contributed by atoms with Crippen molar-refractivity contribution in [3.05, 3.63) is 35.6 Å². The molecule has 1 aromatic rings. The Kier molecular flexibility index (Phi) is 4.86. The molecule has 1 nitrogen and oxygen atoms in total. The highest BCUT2D eigenvalue weighted by atomic mass is 19.1. The van der Waals surface area contributed by atoms with Gasteiger partial charge in [0, 0.05) is 6.42 Å². The molecule has 0 amide bonds. The van der Waals surface area contributed by atoms with E-state index in [0.717, 1.165) is 19.3 Å². The second-order valence-electron chi connectivity index (χ2n) is 3.38. The fraction of sp³-hybridized carbons (Fsp3) is 0.385. The van der Waals surface area contributed by atoms with Gasteiger partial charge in [0.05, 0.1) is 0 Å². The normalized spacial score (nSPS) is 11.7. The first-order valence-corrected chi connectivity index (χ1v) is 5.16. The molecule has 0 bridgehead atoms. The standard InChI is InChI=1S/C13H15FO/c1-2-3-4-5-6-13(15)11-7-9-12(14)10-8-11/h7-10,13,15H,2-4H2,1H3. The fourth-order valence-electron chi connectivity index (χ4n) is 1.16. The highest BCUT2D eigenvalue weighted by Crippen LogP contribution is 2.12. The van der Waals surface area contributed by atoms with Crippen molar-refractivity contribution in [2.45, 2.75) is 32.3 Å². The van der Waals surface area contributed by atoms with E-state index in [1.54, 1.807) is 12.1 Å². The van der Waals surface area contributed by atoms with Crippen LogP contribution in [0.5, 0.6) is 0 Å². The van der Waals surface area contributed by atoms with Crippen LogP contribution in [0.15, 0.2) is 24.3 Å². The Balaban J connectivity index is 2.55. The van der Waals surface area contributed by atoms with Crippen LogP contribution in [0.4, 0.5) is 4.39 Å². The minimum absolute atomic E-state index is 0.301. The fourth-order valence-corrected chi connectivity index (χ4v) is 1.16. The molecule has 0 heterocycles. The van der Waals surface area contributed by atoms with Gasteiger partial charge in [-0.1, -0.05) is 31.4 Å². The maximum Gasteiger partial charge on any atom is 0.140 e. The summed E-state index contributed by atoms with van der Waals surface area (Å²) in [6, 6.07) is 5.75. The Hall–Kier alpha value is -1.33. The molecule has 1 aromatic carbocycles. The first kappa shape index (κ1) is 11.7. The first-order valence-electron chi connectivity index (χ1n) is 5.16. The number of aliphatic hydroxyl groups excluding tert-OH is 1. The Morgan fingerprint density at radius 1 is 1.33 bits per heavy atom. The first-order chi connectivity index (χ1) is 7.24. The van der Waals surface area contributed by atoms with Crippen LogP contribution in [0.25, 0.3) is 0 Å². The molecule has 0 fully saturated rings. The van der Waals surface area contributed by atoms with Crippen LogP contribution in [-0.4, -0.2) is 5.11 Å². The number of rotatable bonds is 3. The Bertz CT molecular complexity index is 345. The molecule has 0 saturated heterocycles. The summed E-state index contributed by atoms with van der Waals surface area (Å²) in [6.07, 6.45) is 2.14.